The van der Waals surface area contributed by atoms with Gasteiger partial charge in [0.2, 0.25) is 5.91 Å². The third-order valence-electron chi connectivity index (χ3n) is 3.28. The fourth-order valence-electron chi connectivity index (χ4n) is 2.10. The molecule has 0 spiro atoms. The van der Waals surface area contributed by atoms with Gasteiger partial charge in [0.15, 0.2) is 0 Å². The van der Waals surface area contributed by atoms with Crippen molar-refractivity contribution < 1.29 is 4.79 Å². The summed E-state index contributed by atoms with van der Waals surface area (Å²) in [5.74, 6) is 0.110. The van der Waals surface area contributed by atoms with E-state index in [-0.39, 0.29) is 11.9 Å². The highest BCUT2D eigenvalue weighted by Gasteiger charge is 2.24. The number of amides is 1. The average Bonchev–Trinajstić information content (AvgIpc) is 2.40. The lowest BCUT2D eigenvalue weighted by atomic mass is 10.1. The van der Waals surface area contributed by atoms with Gasteiger partial charge in [0.25, 0.3) is 0 Å². The summed E-state index contributed by atoms with van der Waals surface area (Å²) in [5.41, 5.74) is 1.19. The zero-order valence-corrected chi connectivity index (χ0v) is 10.7. The second-order valence-corrected chi connectivity index (χ2v) is 4.60. The first-order valence-electron chi connectivity index (χ1n) is 6.35. The lowest BCUT2D eigenvalue weighted by molar-refractivity contribution is -0.126. The van der Waals surface area contributed by atoms with E-state index in [0.717, 1.165) is 26.1 Å². The summed E-state index contributed by atoms with van der Waals surface area (Å²) in [7, 11) is 1.99. The van der Waals surface area contributed by atoms with Gasteiger partial charge in [-0.1, -0.05) is 0 Å². The van der Waals surface area contributed by atoms with Crippen molar-refractivity contribution in [2.24, 2.45) is 0 Å². The smallest absolute Gasteiger partial charge is 0.238 e. The topological polar surface area (TPSA) is 57.3 Å². The zero-order valence-electron chi connectivity index (χ0n) is 10.7. The molecule has 5 nitrogen and oxygen atoms in total. The molecule has 2 rings (SSSR count). The number of hydrogen-bond donors (Lipinski definition) is 2. The minimum Gasteiger partial charge on any atom is -0.354 e. The van der Waals surface area contributed by atoms with E-state index in [2.05, 4.69) is 20.5 Å². The van der Waals surface area contributed by atoms with Crippen LogP contribution < -0.4 is 10.6 Å². The number of rotatable bonds is 4. The van der Waals surface area contributed by atoms with Crippen molar-refractivity contribution in [3.8, 4) is 0 Å². The fourth-order valence-corrected chi connectivity index (χ4v) is 2.10. The number of carbonyl (C=O) groups is 1. The van der Waals surface area contributed by atoms with E-state index in [0.29, 0.717) is 6.54 Å². The molecule has 1 unspecified atom stereocenters. The summed E-state index contributed by atoms with van der Waals surface area (Å²) in [6.07, 6.45) is 4.39. The number of aromatic nitrogens is 1. The molecule has 5 heteroatoms. The number of pyridine rings is 1. The fraction of sp³-hybridized carbons (Fsp3) is 0.538. The molecular weight excluding hydrogens is 228 g/mol. The largest absolute Gasteiger partial charge is 0.354 e. The van der Waals surface area contributed by atoms with E-state index in [1.807, 2.05) is 19.2 Å². The van der Waals surface area contributed by atoms with Gasteiger partial charge in [-0.2, -0.15) is 0 Å². The first-order valence-corrected chi connectivity index (χ1v) is 6.35. The van der Waals surface area contributed by atoms with E-state index in [1.165, 1.54) is 5.56 Å². The van der Waals surface area contributed by atoms with Crippen molar-refractivity contribution in [1.29, 1.82) is 0 Å². The summed E-state index contributed by atoms with van der Waals surface area (Å²) >= 11 is 0. The number of piperazine rings is 1. The van der Waals surface area contributed by atoms with Crippen molar-refractivity contribution in [1.82, 2.24) is 20.5 Å². The number of carbonyl (C=O) groups excluding carboxylic acids is 1. The molecule has 1 fully saturated rings. The summed E-state index contributed by atoms with van der Waals surface area (Å²) in [4.78, 5) is 18.1. The van der Waals surface area contributed by atoms with E-state index < -0.39 is 0 Å². The first-order chi connectivity index (χ1) is 8.77. The van der Waals surface area contributed by atoms with E-state index in [4.69, 9.17) is 0 Å². The molecule has 1 amide bonds. The Morgan fingerprint density at radius 2 is 2.33 bits per heavy atom. The van der Waals surface area contributed by atoms with Gasteiger partial charge in [0, 0.05) is 38.6 Å². The molecule has 18 heavy (non-hydrogen) atoms. The van der Waals surface area contributed by atoms with Crippen molar-refractivity contribution in [3.05, 3.63) is 30.1 Å². The number of likely N-dealkylation sites (N-methyl/N-ethyl adjacent to an activating group) is 1. The predicted molar refractivity (Wildman–Crippen MR) is 70.2 cm³/mol. The van der Waals surface area contributed by atoms with Gasteiger partial charge in [-0.3, -0.25) is 14.7 Å². The molecule has 2 N–H and O–H groups in total. The summed E-state index contributed by atoms with van der Waals surface area (Å²) in [6, 6.07) is 3.90. The van der Waals surface area contributed by atoms with Crippen molar-refractivity contribution in [2.75, 3.05) is 33.2 Å². The van der Waals surface area contributed by atoms with Crippen LogP contribution in [-0.4, -0.2) is 55.1 Å². The summed E-state index contributed by atoms with van der Waals surface area (Å²) in [5, 5.41) is 6.23. The quantitative estimate of drug-likeness (QED) is 0.764. The Morgan fingerprint density at radius 1 is 1.56 bits per heavy atom. The van der Waals surface area contributed by atoms with Crippen LogP contribution in [0.2, 0.25) is 0 Å². The number of nitrogens with one attached hydrogen (secondary N) is 2. The molecule has 0 saturated carbocycles. The molecule has 2 heterocycles. The highest BCUT2D eigenvalue weighted by molar-refractivity contribution is 5.82. The Kier molecular flexibility index (Phi) is 4.66. The van der Waals surface area contributed by atoms with Crippen molar-refractivity contribution in [3.63, 3.8) is 0 Å². The molecular formula is C13H20N4O. The molecule has 1 atom stereocenters. The Morgan fingerprint density at radius 3 is 3.06 bits per heavy atom. The van der Waals surface area contributed by atoms with Gasteiger partial charge in [0.05, 0.1) is 0 Å². The molecule has 98 valence electrons. The van der Waals surface area contributed by atoms with Crippen LogP contribution in [-0.2, 0) is 11.2 Å². The maximum absolute atomic E-state index is 12.0. The first kappa shape index (κ1) is 13.0. The van der Waals surface area contributed by atoms with E-state index >= 15 is 0 Å². The monoisotopic (exact) mass is 248 g/mol. The molecule has 1 aliphatic heterocycles. The summed E-state index contributed by atoms with van der Waals surface area (Å²) < 4.78 is 0. The second kappa shape index (κ2) is 6.47. The van der Waals surface area contributed by atoms with Gasteiger partial charge in [-0.15, -0.1) is 0 Å². The standard InChI is InChI=1S/C13H20N4O/c1-17-9-8-15-10-12(17)13(18)16-7-4-11-2-5-14-6-3-11/h2-3,5-6,12,15H,4,7-10H2,1H3,(H,16,18). The van der Waals surface area contributed by atoms with Crippen LogP contribution >= 0.6 is 0 Å². The minimum atomic E-state index is -0.0452. The predicted octanol–water partition coefficient (Wildman–Crippen LogP) is -0.356. The Bertz CT molecular complexity index is 382. The van der Waals surface area contributed by atoms with Crippen LogP contribution in [0.4, 0.5) is 0 Å². The Balaban J connectivity index is 1.74. The minimum absolute atomic E-state index is 0.0452. The second-order valence-electron chi connectivity index (χ2n) is 4.60. The van der Waals surface area contributed by atoms with Crippen LogP contribution in [0.1, 0.15) is 5.56 Å². The molecule has 0 aliphatic carbocycles. The third-order valence-corrected chi connectivity index (χ3v) is 3.28. The SMILES string of the molecule is CN1CCNCC1C(=O)NCCc1ccncc1. The van der Waals surface area contributed by atoms with Crippen LogP contribution in [0.5, 0.6) is 0 Å². The van der Waals surface area contributed by atoms with Crippen LogP contribution in [0.3, 0.4) is 0 Å². The van der Waals surface area contributed by atoms with Crippen LogP contribution in [0, 0.1) is 0 Å². The van der Waals surface area contributed by atoms with Crippen molar-refractivity contribution in [2.45, 2.75) is 12.5 Å². The molecule has 1 aromatic heterocycles. The molecule has 1 saturated heterocycles. The molecule has 0 radical (unpaired) electrons. The third kappa shape index (κ3) is 3.51. The summed E-state index contributed by atoms with van der Waals surface area (Å²) in [6.45, 7) is 3.28. The highest BCUT2D eigenvalue weighted by Crippen LogP contribution is 2.00. The number of nitrogens with zero attached hydrogens (tertiary/aromatic N) is 2. The van der Waals surface area contributed by atoms with Crippen LogP contribution in [0.15, 0.2) is 24.5 Å². The Hall–Kier alpha value is -1.46. The maximum Gasteiger partial charge on any atom is 0.238 e. The molecule has 1 aromatic rings. The van der Waals surface area contributed by atoms with Crippen LogP contribution in [0.25, 0.3) is 0 Å². The van der Waals surface area contributed by atoms with Crippen molar-refractivity contribution >= 4 is 5.91 Å². The lowest BCUT2D eigenvalue weighted by Crippen LogP contribution is -2.56. The van der Waals surface area contributed by atoms with Gasteiger partial charge in [0.1, 0.15) is 6.04 Å². The zero-order chi connectivity index (χ0) is 12.8. The normalized spacial score (nSPS) is 20.6. The van der Waals surface area contributed by atoms with Gasteiger partial charge in [-0.05, 0) is 31.2 Å². The molecule has 0 aromatic carbocycles. The van der Waals surface area contributed by atoms with Gasteiger partial charge < -0.3 is 10.6 Å². The number of hydrogen-bond acceptors (Lipinski definition) is 4. The maximum atomic E-state index is 12.0. The molecule has 1 aliphatic rings. The van der Waals surface area contributed by atoms with E-state index in [1.54, 1.807) is 12.4 Å². The molecule has 0 bridgehead atoms. The highest BCUT2D eigenvalue weighted by atomic mass is 16.2. The van der Waals surface area contributed by atoms with Gasteiger partial charge in [-0.25, -0.2) is 0 Å². The van der Waals surface area contributed by atoms with E-state index in [9.17, 15) is 4.79 Å². The lowest BCUT2D eigenvalue weighted by Gasteiger charge is -2.31. The van der Waals surface area contributed by atoms with Gasteiger partial charge >= 0.3 is 0 Å². The Labute approximate surface area is 108 Å². The average molecular weight is 248 g/mol.